The third kappa shape index (κ3) is 21.6. The molecule has 0 atom stereocenters. The van der Waals surface area contributed by atoms with Crippen molar-refractivity contribution in [1.29, 1.82) is 0 Å². The fraction of sp³-hybridized carbons (Fsp3) is 0.667. The molecule has 0 saturated heterocycles. The van der Waals surface area contributed by atoms with Crippen molar-refractivity contribution in [3.8, 4) is 23.7 Å². The first-order valence-electron chi connectivity index (χ1n) is 15.8. The first-order valence-corrected chi connectivity index (χ1v) is 15.8. The van der Waals surface area contributed by atoms with E-state index in [2.05, 4.69) is 70.1 Å². The monoisotopic (exact) mass is 554 g/mol. The van der Waals surface area contributed by atoms with E-state index in [1.54, 1.807) is 6.08 Å². The molecule has 0 aliphatic rings. The van der Waals surface area contributed by atoms with E-state index in [1.807, 2.05) is 18.2 Å². The lowest BCUT2D eigenvalue weighted by molar-refractivity contribution is -0.237. The Bertz CT molecular complexity index is 788. The van der Waals surface area contributed by atoms with Crippen molar-refractivity contribution in [2.75, 3.05) is 33.0 Å². The first-order chi connectivity index (χ1) is 19.7. The minimum Gasteiger partial charge on any atom is -0.492 e. The molecule has 0 bridgehead atoms. The van der Waals surface area contributed by atoms with Crippen LogP contribution in [0, 0.1) is 23.7 Å². The average molecular weight is 555 g/mol. The summed E-state index contributed by atoms with van der Waals surface area (Å²) >= 11 is 0. The Labute approximate surface area is 247 Å². The Morgan fingerprint density at radius 2 is 1.20 bits per heavy atom. The second kappa shape index (κ2) is 29.7. The Morgan fingerprint density at radius 1 is 0.625 bits per heavy atom. The number of allylic oxidation sites excluding steroid dienone is 6. The van der Waals surface area contributed by atoms with Crippen LogP contribution in [0.2, 0.25) is 0 Å². The lowest BCUT2D eigenvalue weighted by atomic mass is 10.1. The Hall–Kier alpha value is -2.24. The summed E-state index contributed by atoms with van der Waals surface area (Å²) in [6, 6.07) is 0. The van der Waals surface area contributed by atoms with Gasteiger partial charge in [-0.2, -0.15) is 0 Å². The molecule has 0 aromatic rings. The van der Waals surface area contributed by atoms with Gasteiger partial charge in [0.1, 0.15) is 0 Å². The molecule has 4 heteroatoms. The van der Waals surface area contributed by atoms with E-state index >= 15 is 0 Å². The molecule has 0 radical (unpaired) electrons. The van der Waals surface area contributed by atoms with Crippen LogP contribution in [-0.2, 0) is 18.9 Å². The van der Waals surface area contributed by atoms with Gasteiger partial charge < -0.3 is 18.9 Å². The third-order valence-corrected chi connectivity index (χ3v) is 6.11. The largest absolute Gasteiger partial charge is 0.492 e. The number of hydrogen-bond acceptors (Lipinski definition) is 4. The molecule has 0 aromatic carbocycles. The summed E-state index contributed by atoms with van der Waals surface area (Å²) in [5.74, 6) is 11.9. The van der Waals surface area contributed by atoms with Gasteiger partial charge in [-0.15, -0.1) is 0 Å². The maximum Gasteiger partial charge on any atom is 0.228 e. The molecule has 0 aliphatic heterocycles. The van der Waals surface area contributed by atoms with Gasteiger partial charge in [0.05, 0.1) is 19.8 Å². The van der Waals surface area contributed by atoms with Crippen molar-refractivity contribution in [1.82, 2.24) is 0 Å². The average Bonchev–Trinajstić information content (AvgIpc) is 2.96. The van der Waals surface area contributed by atoms with E-state index in [9.17, 15) is 0 Å². The van der Waals surface area contributed by atoms with Crippen LogP contribution in [0.3, 0.4) is 0 Å². The van der Waals surface area contributed by atoms with Crippen LogP contribution >= 0.6 is 0 Å². The topological polar surface area (TPSA) is 36.9 Å². The third-order valence-electron chi connectivity index (χ3n) is 6.11. The summed E-state index contributed by atoms with van der Waals surface area (Å²) < 4.78 is 25.1. The summed E-state index contributed by atoms with van der Waals surface area (Å²) in [5.41, 5.74) is 0. The summed E-state index contributed by atoms with van der Waals surface area (Å²) in [4.78, 5) is 0. The Kier molecular flexibility index (Phi) is 28.1. The van der Waals surface area contributed by atoms with Gasteiger partial charge in [0.15, 0.2) is 5.76 Å². The van der Waals surface area contributed by atoms with Gasteiger partial charge in [0, 0.05) is 25.7 Å². The highest BCUT2D eigenvalue weighted by molar-refractivity contribution is 5.28. The fourth-order valence-electron chi connectivity index (χ4n) is 3.69. The van der Waals surface area contributed by atoms with Gasteiger partial charge in [-0.3, -0.25) is 0 Å². The highest BCUT2D eigenvalue weighted by atomic mass is 16.7. The van der Waals surface area contributed by atoms with Gasteiger partial charge in [-0.1, -0.05) is 109 Å². The first kappa shape index (κ1) is 37.8. The van der Waals surface area contributed by atoms with Crippen LogP contribution in [0.15, 0.2) is 48.8 Å². The molecule has 40 heavy (non-hydrogen) atoms. The molecule has 0 saturated carbocycles. The van der Waals surface area contributed by atoms with Gasteiger partial charge in [-0.05, 0) is 63.2 Å². The predicted octanol–water partition coefficient (Wildman–Crippen LogP) is 9.48. The van der Waals surface area contributed by atoms with Crippen LogP contribution in [0.1, 0.15) is 118 Å². The number of rotatable bonds is 25. The molecule has 0 amide bonds. The lowest BCUT2D eigenvalue weighted by Crippen LogP contribution is -2.40. The number of ether oxygens (including phenoxy) is 4. The van der Waals surface area contributed by atoms with Crippen molar-refractivity contribution in [3.05, 3.63) is 48.8 Å². The maximum atomic E-state index is 6.58. The molecular weight excluding hydrogens is 496 g/mol. The highest BCUT2D eigenvalue weighted by Gasteiger charge is 2.38. The van der Waals surface area contributed by atoms with Crippen molar-refractivity contribution in [2.45, 2.75) is 123 Å². The SMILES string of the molecule is C=CC#C/C=C/CCC(OCCCCC)(OCCCCC)C(=CC#C/C=C/CCCOCCCC)OCCCC. The zero-order chi connectivity index (χ0) is 29.4. The molecule has 0 spiro atoms. The van der Waals surface area contributed by atoms with Crippen LogP contribution < -0.4 is 0 Å². The van der Waals surface area contributed by atoms with Gasteiger partial charge in [0.2, 0.25) is 5.79 Å². The molecule has 0 fully saturated rings. The normalized spacial score (nSPS) is 11.8. The quantitative estimate of drug-likeness (QED) is 0.0487. The zero-order valence-electron chi connectivity index (χ0n) is 26.2. The minimum atomic E-state index is -0.973. The highest BCUT2D eigenvalue weighted by Crippen LogP contribution is 2.32. The van der Waals surface area contributed by atoms with Crippen LogP contribution in [0.5, 0.6) is 0 Å². The molecule has 0 heterocycles. The summed E-state index contributed by atoms with van der Waals surface area (Å²) in [6.45, 7) is 15.9. The van der Waals surface area contributed by atoms with Crippen molar-refractivity contribution in [3.63, 3.8) is 0 Å². The zero-order valence-corrected chi connectivity index (χ0v) is 26.2. The molecular formula is C36H58O4. The standard InChI is InChI=1S/C36H58O4/c1-6-11-16-17-21-24-29-36(39-33-25-12-7-2,40-34-26-13-8-3)35(38-32-15-10-5)28-23-20-18-19-22-27-31-37-30-14-9-4/h6,17-19,21,28H,1,7-10,12-15,22,24-27,29-34H2,2-5H3/b19-18+,21-17+,35-28?. The van der Waals surface area contributed by atoms with E-state index in [0.717, 1.165) is 90.3 Å². The molecule has 0 rings (SSSR count). The van der Waals surface area contributed by atoms with Crippen molar-refractivity contribution < 1.29 is 18.9 Å². The van der Waals surface area contributed by atoms with Crippen LogP contribution in [-0.4, -0.2) is 38.8 Å². The Morgan fingerprint density at radius 3 is 1.82 bits per heavy atom. The van der Waals surface area contributed by atoms with E-state index in [-0.39, 0.29) is 0 Å². The Balaban J connectivity index is 5.81. The fourth-order valence-corrected chi connectivity index (χ4v) is 3.69. The van der Waals surface area contributed by atoms with Crippen LogP contribution in [0.4, 0.5) is 0 Å². The van der Waals surface area contributed by atoms with Gasteiger partial charge in [0.25, 0.3) is 0 Å². The van der Waals surface area contributed by atoms with Crippen molar-refractivity contribution in [2.24, 2.45) is 0 Å². The maximum absolute atomic E-state index is 6.58. The van der Waals surface area contributed by atoms with E-state index in [1.165, 1.54) is 6.42 Å². The minimum absolute atomic E-state index is 0.608. The molecule has 0 aromatic heterocycles. The molecule has 0 aliphatic carbocycles. The van der Waals surface area contributed by atoms with Gasteiger partial charge >= 0.3 is 0 Å². The number of unbranched alkanes of at least 4 members (excludes halogenated alkanes) is 7. The van der Waals surface area contributed by atoms with Gasteiger partial charge in [-0.25, -0.2) is 0 Å². The summed E-state index contributed by atoms with van der Waals surface area (Å²) in [5, 5.41) is 0. The molecule has 0 N–H and O–H groups in total. The summed E-state index contributed by atoms with van der Waals surface area (Å²) in [6.07, 6.45) is 25.5. The molecule has 4 nitrogen and oxygen atoms in total. The van der Waals surface area contributed by atoms with E-state index < -0.39 is 5.79 Å². The summed E-state index contributed by atoms with van der Waals surface area (Å²) in [7, 11) is 0. The lowest BCUT2D eigenvalue weighted by Gasteiger charge is -2.35. The van der Waals surface area contributed by atoms with Crippen molar-refractivity contribution >= 4 is 0 Å². The second-order valence-electron chi connectivity index (χ2n) is 9.81. The second-order valence-corrected chi connectivity index (χ2v) is 9.81. The van der Waals surface area contributed by atoms with E-state index in [0.29, 0.717) is 32.0 Å². The smallest absolute Gasteiger partial charge is 0.228 e. The van der Waals surface area contributed by atoms with Crippen LogP contribution in [0.25, 0.3) is 0 Å². The number of hydrogen-bond donors (Lipinski definition) is 0. The van der Waals surface area contributed by atoms with E-state index in [4.69, 9.17) is 18.9 Å². The molecule has 226 valence electrons. The molecule has 0 unspecified atom stereocenters. The predicted molar refractivity (Wildman–Crippen MR) is 171 cm³/mol.